The zero-order chi connectivity index (χ0) is 26.2. The van der Waals surface area contributed by atoms with E-state index in [1.807, 2.05) is 19.1 Å². The van der Waals surface area contributed by atoms with Crippen LogP contribution in [0, 0.1) is 6.92 Å². The summed E-state index contributed by atoms with van der Waals surface area (Å²) in [6.07, 6.45) is 5.78. The maximum absolute atomic E-state index is 12.5. The fraction of sp³-hybridized carbons (Fsp3) is 0.407. The SMILES string of the molecule is CO.Cc1ccc(C(=O)Nc2ccc(Nc3nc(N4CCCCC4)nc(N4CCCC4)n3)cc2O)cc1.Cl.N.N.N.[HH].[HH].[HH].[HH]. The van der Waals surface area contributed by atoms with E-state index in [4.69, 9.17) is 10.1 Å². The monoisotopic (exact) mass is 600 g/mol. The Hall–Kier alpha value is -3.75. The summed E-state index contributed by atoms with van der Waals surface area (Å²) < 4.78 is 0. The van der Waals surface area contributed by atoms with Crippen LogP contribution < -0.4 is 38.9 Å². The number of anilines is 5. The average Bonchev–Trinajstić information content (AvgIpc) is 3.47. The third-order valence-electron chi connectivity index (χ3n) is 6.46. The van der Waals surface area contributed by atoms with E-state index in [0.29, 0.717) is 34.8 Å². The number of hydrogen-bond donors (Lipinski definition) is 7. The summed E-state index contributed by atoms with van der Waals surface area (Å²) in [5, 5.41) is 23.6. The molecule has 1 amide bonds. The largest absolute Gasteiger partial charge is 0.506 e. The standard InChI is InChI=1S/C26H31N7O2.CH4O.ClH.3H3N.4H2/c1-18-7-9-19(10-8-18)23(35)28-21-12-11-20(17-22(21)34)27-24-29-25(32-13-3-2-4-14-32)31-26(30-24)33-15-5-6-16-33;1-2;;;;;;;;/h7-12,17,34H,2-6,13-16H2,1H3,(H,28,35)(H,27,29,30,31);2H,1H3;1H;3*1H3;4*1H. The van der Waals surface area contributed by atoms with Gasteiger partial charge in [-0.15, -0.1) is 12.4 Å². The van der Waals surface area contributed by atoms with E-state index in [1.54, 1.807) is 30.3 Å². The van der Waals surface area contributed by atoms with Gasteiger partial charge in [0.15, 0.2) is 0 Å². The molecule has 5 rings (SSSR count). The van der Waals surface area contributed by atoms with E-state index in [2.05, 4.69) is 30.4 Å². The Morgan fingerprint density at radius 1 is 0.805 bits per heavy atom. The van der Waals surface area contributed by atoms with Gasteiger partial charge < -0.3 is 49.1 Å². The zero-order valence-corrected chi connectivity index (χ0v) is 24.8. The highest BCUT2D eigenvalue weighted by Crippen LogP contribution is 2.30. The van der Waals surface area contributed by atoms with Crippen LogP contribution in [0.15, 0.2) is 42.5 Å². The highest BCUT2D eigenvalue weighted by atomic mass is 35.5. The molecule has 1 aromatic heterocycles. The average molecular weight is 601 g/mol. The summed E-state index contributed by atoms with van der Waals surface area (Å²) in [6, 6.07) is 12.3. The molecular weight excluding hydrogens is 548 g/mol. The van der Waals surface area contributed by atoms with E-state index in [-0.39, 0.29) is 48.2 Å². The molecule has 0 unspecified atom stereocenters. The van der Waals surface area contributed by atoms with Gasteiger partial charge in [-0.3, -0.25) is 4.79 Å². The number of rotatable bonds is 6. The number of nitrogens with one attached hydrogen (secondary N) is 2. The molecule has 3 aromatic rings. The molecule has 236 valence electrons. The molecule has 2 aliphatic rings. The number of hydrogen-bond acceptors (Lipinski definition) is 12. The summed E-state index contributed by atoms with van der Waals surface area (Å²) in [5.74, 6) is 1.50. The highest BCUT2D eigenvalue weighted by Gasteiger charge is 2.21. The molecule has 2 aromatic carbocycles. The minimum atomic E-state index is -0.278. The zero-order valence-electron chi connectivity index (χ0n) is 24.0. The van der Waals surface area contributed by atoms with Crippen LogP contribution in [0.3, 0.4) is 0 Å². The second-order valence-electron chi connectivity index (χ2n) is 9.18. The van der Waals surface area contributed by atoms with Crippen molar-refractivity contribution in [3.8, 4) is 5.75 Å². The number of phenols is 1. The number of phenolic OH excluding ortho intramolecular Hbond substituents is 1. The van der Waals surface area contributed by atoms with Crippen molar-refractivity contribution in [3.05, 3.63) is 53.6 Å². The van der Waals surface area contributed by atoms with Crippen LogP contribution in [-0.2, 0) is 0 Å². The maximum atomic E-state index is 12.5. The molecule has 0 aliphatic carbocycles. The summed E-state index contributed by atoms with van der Waals surface area (Å²) in [7, 11) is 1.00. The molecule has 0 saturated carbocycles. The molecule has 2 saturated heterocycles. The van der Waals surface area contributed by atoms with Gasteiger partial charge in [-0.1, -0.05) is 17.7 Å². The van der Waals surface area contributed by atoms with Crippen LogP contribution >= 0.6 is 12.4 Å². The number of aliphatic hydroxyl groups is 1. The molecule has 0 radical (unpaired) electrons. The van der Waals surface area contributed by atoms with E-state index < -0.39 is 0 Å². The van der Waals surface area contributed by atoms with Gasteiger partial charge in [0.25, 0.3) is 5.91 Å². The number of piperidine rings is 1. The smallest absolute Gasteiger partial charge is 0.255 e. The Bertz CT molecular complexity index is 1220. The predicted octanol–water partition coefficient (Wildman–Crippen LogP) is 5.97. The maximum Gasteiger partial charge on any atom is 0.255 e. The third kappa shape index (κ3) is 9.69. The van der Waals surface area contributed by atoms with Crippen LogP contribution in [0.5, 0.6) is 5.75 Å². The lowest BCUT2D eigenvalue weighted by molar-refractivity contribution is 0.102. The summed E-state index contributed by atoms with van der Waals surface area (Å²) in [6.45, 7) is 5.74. The van der Waals surface area contributed by atoms with Gasteiger partial charge >= 0.3 is 0 Å². The molecule has 14 heteroatoms. The van der Waals surface area contributed by atoms with Gasteiger partial charge in [0.1, 0.15) is 5.75 Å². The van der Waals surface area contributed by atoms with Crippen LogP contribution in [0.4, 0.5) is 29.2 Å². The van der Waals surface area contributed by atoms with Gasteiger partial charge in [0, 0.05) is 56.3 Å². The predicted molar refractivity (Wildman–Crippen MR) is 177 cm³/mol. The number of carbonyl (C=O) groups excluding carboxylic acids is 1. The number of aliphatic hydroxyl groups excluding tert-OH is 1. The van der Waals surface area contributed by atoms with Gasteiger partial charge in [-0.2, -0.15) is 15.0 Å². The molecule has 0 spiro atoms. The van der Waals surface area contributed by atoms with Crippen molar-refractivity contribution >= 4 is 47.5 Å². The van der Waals surface area contributed by atoms with E-state index in [1.165, 1.54) is 6.42 Å². The van der Waals surface area contributed by atoms with Crippen molar-refractivity contribution in [2.45, 2.75) is 39.0 Å². The van der Waals surface area contributed by atoms with Crippen molar-refractivity contribution in [3.63, 3.8) is 0 Å². The number of benzene rings is 2. The Kier molecular flexibility index (Phi) is 16.2. The Morgan fingerprint density at radius 3 is 1.83 bits per heavy atom. The number of aryl methyl sites for hydroxylation is 1. The molecule has 2 aliphatic heterocycles. The normalized spacial score (nSPS) is 13.6. The number of aromatic nitrogens is 3. The first-order chi connectivity index (χ1) is 18.0. The minimum Gasteiger partial charge on any atom is -0.506 e. The topological polar surface area (TPSA) is 232 Å². The molecule has 0 bridgehead atoms. The van der Waals surface area contributed by atoms with Crippen molar-refractivity contribution in [2.75, 3.05) is 53.7 Å². The molecule has 2 fully saturated rings. The Morgan fingerprint density at radius 2 is 1.32 bits per heavy atom. The fourth-order valence-corrected chi connectivity index (χ4v) is 4.45. The number of halogens is 1. The van der Waals surface area contributed by atoms with Gasteiger partial charge in [-0.25, -0.2) is 0 Å². The van der Waals surface area contributed by atoms with E-state index in [9.17, 15) is 9.90 Å². The lowest BCUT2D eigenvalue weighted by Crippen LogP contribution is -2.32. The lowest BCUT2D eigenvalue weighted by Gasteiger charge is -2.27. The number of aromatic hydroxyl groups is 1. The van der Waals surface area contributed by atoms with E-state index in [0.717, 1.165) is 64.5 Å². The molecule has 3 heterocycles. The van der Waals surface area contributed by atoms with Gasteiger partial charge in [-0.05, 0) is 63.3 Å². The Balaban J connectivity index is -0.000000523. The summed E-state index contributed by atoms with van der Waals surface area (Å²) in [5.41, 5.74) is 2.57. The van der Waals surface area contributed by atoms with Crippen molar-refractivity contribution < 1.29 is 20.7 Å². The fourth-order valence-electron chi connectivity index (χ4n) is 4.45. The molecule has 41 heavy (non-hydrogen) atoms. The van der Waals surface area contributed by atoms with Crippen molar-refractivity contribution in [1.82, 2.24) is 33.4 Å². The molecule has 13 nitrogen and oxygen atoms in total. The number of nitrogens with zero attached hydrogens (tertiary/aromatic N) is 5. The molecule has 0 atom stereocenters. The second-order valence-corrected chi connectivity index (χ2v) is 9.18. The number of amides is 1. The molecular formula is C27H53ClN10O3. The van der Waals surface area contributed by atoms with Crippen molar-refractivity contribution in [2.24, 2.45) is 0 Å². The highest BCUT2D eigenvalue weighted by molar-refractivity contribution is 6.05. The van der Waals surface area contributed by atoms with Crippen LogP contribution in [0.2, 0.25) is 0 Å². The Labute approximate surface area is 253 Å². The molecule has 13 N–H and O–H groups in total. The first kappa shape index (κ1) is 37.2. The summed E-state index contributed by atoms with van der Waals surface area (Å²) >= 11 is 0. The first-order valence-corrected chi connectivity index (χ1v) is 12.7. The number of carbonyl (C=O) groups is 1. The van der Waals surface area contributed by atoms with Crippen LogP contribution in [0.25, 0.3) is 0 Å². The summed E-state index contributed by atoms with van der Waals surface area (Å²) in [4.78, 5) is 31.1. The quantitative estimate of drug-likeness (QED) is 0.162. The van der Waals surface area contributed by atoms with Crippen molar-refractivity contribution in [1.29, 1.82) is 0 Å². The third-order valence-corrected chi connectivity index (χ3v) is 6.46. The minimum absolute atomic E-state index is 0. The van der Waals surface area contributed by atoms with Crippen LogP contribution in [-0.4, -0.2) is 64.4 Å². The second kappa shape index (κ2) is 17.8. The first-order valence-electron chi connectivity index (χ1n) is 12.7. The van der Waals surface area contributed by atoms with E-state index >= 15 is 0 Å². The lowest BCUT2D eigenvalue weighted by atomic mass is 10.1. The van der Waals surface area contributed by atoms with Crippen LogP contribution in [0.1, 0.15) is 53.7 Å². The van der Waals surface area contributed by atoms with Gasteiger partial charge in [0.05, 0.1) is 5.69 Å². The van der Waals surface area contributed by atoms with Gasteiger partial charge in [0.2, 0.25) is 17.8 Å².